The molecule has 124 valence electrons. The van der Waals surface area contributed by atoms with Crippen LogP contribution in [0.1, 0.15) is 25.5 Å². The van der Waals surface area contributed by atoms with Gasteiger partial charge in [0.25, 0.3) is 5.91 Å². The molecule has 7 nitrogen and oxygen atoms in total. The van der Waals surface area contributed by atoms with Crippen LogP contribution in [0.15, 0.2) is 24.5 Å². The first-order valence-corrected chi connectivity index (χ1v) is 7.98. The van der Waals surface area contributed by atoms with Crippen LogP contribution >= 0.6 is 0 Å². The molecule has 1 aromatic heterocycles. The summed E-state index contributed by atoms with van der Waals surface area (Å²) in [4.78, 5) is 32.1. The second-order valence-corrected chi connectivity index (χ2v) is 6.55. The van der Waals surface area contributed by atoms with Crippen molar-refractivity contribution in [2.75, 3.05) is 32.7 Å². The molecule has 1 unspecified atom stereocenters. The molecule has 0 radical (unpaired) electrons. The Labute approximate surface area is 136 Å². The van der Waals surface area contributed by atoms with Crippen molar-refractivity contribution < 1.29 is 9.59 Å². The van der Waals surface area contributed by atoms with E-state index >= 15 is 0 Å². The SMILES string of the molecule is CC1(C)NC(=O)N(CCN2CCNCC2c2cccnc2)C1=O. The van der Waals surface area contributed by atoms with Gasteiger partial charge in [-0.15, -0.1) is 0 Å². The van der Waals surface area contributed by atoms with Crippen molar-refractivity contribution in [1.29, 1.82) is 0 Å². The Kier molecular flexibility index (Phi) is 4.32. The Morgan fingerprint density at radius 2 is 2.17 bits per heavy atom. The van der Waals surface area contributed by atoms with E-state index in [1.54, 1.807) is 20.0 Å². The van der Waals surface area contributed by atoms with E-state index in [2.05, 4.69) is 26.6 Å². The minimum absolute atomic E-state index is 0.157. The number of rotatable bonds is 4. The van der Waals surface area contributed by atoms with E-state index in [0.29, 0.717) is 13.1 Å². The highest BCUT2D eigenvalue weighted by Gasteiger charge is 2.44. The van der Waals surface area contributed by atoms with Gasteiger partial charge in [0, 0.05) is 51.2 Å². The molecule has 0 aromatic carbocycles. The number of pyridine rings is 1. The fourth-order valence-electron chi connectivity index (χ4n) is 3.17. The molecule has 1 atom stereocenters. The smallest absolute Gasteiger partial charge is 0.324 e. The van der Waals surface area contributed by atoms with E-state index in [0.717, 1.165) is 25.2 Å². The van der Waals surface area contributed by atoms with Gasteiger partial charge in [-0.2, -0.15) is 0 Å². The van der Waals surface area contributed by atoms with Crippen LogP contribution in [0.5, 0.6) is 0 Å². The van der Waals surface area contributed by atoms with Crippen LogP contribution in [-0.2, 0) is 4.79 Å². The molecular weight excluding hydrogens is 294 g/mol. The number of nitrogens with one attached hydrogen (secondary N) is 2. The lowest BCUT2D eigenvalue weighted by Gasteiger charge is -2.36. The molecule has 1 aromatic rings. The van der Waals surface area contributed by atoms with Crippen molar-refractivity contribution in [3.8, 4) is 0 Å². The predicted octanol–water partition coefficient (Wildman–Crippen LogP) is 0.358. The number of nitrogens with zero attached hydrogens (tertiary/aromatic N) is 3. The first kappa shape index (κ1) is 15.9. The molecule has 0 aliphatic carbocycles. The molecule has 2 fully saturated rings. The van der Waals surface area contributed by atoms with Gasteiger partial charge in [-0.1, -0.05) is 6.07 Å². The van der Waals surface area contributed by atoms with Gasteiger partial charge in [0.1, 0.15) is 5.54 Å². The molecular formula is C16H23N5O2. The van der Waals surface area contributed by atoms with Crippen molar-refractivity contribution in [3.05, 3.63) is 30.1 Å². The highest BCUT2D eigenvalue weighted by Crippen LogP contribution is 2.22. The number of urea groups is 1. The minimum atomic E-state index is -0.802. The number of carbonyl (C=O) groups excluding carboxylic acids is 2. The summed E-state index contributed by atoms with van der Waals surface area (Å²) in [6, 6.07) is 3.91. The Hall–Kier alpha value is -1.99. The molecule has 3 rings (SSSR count). The minimum Gasteiger partial charge on any atom is -0.324 e. The molecule has 2 saturated heterocycles. The van der Waals surface area contributed by atoms with E-state index in [4.69, 9.17) is 0 Å². The van der Waals surface area contributed by atoms with E-state index < -0.39 is 5.54 Å². The monoisotopic (exact) mass is 317 g/mol. The number of carbonyl (C=O) groups is 2. The van der Waals surface area contributed by atoms with Crippen molar-refractivity contribution >= 4 is 11.9 Å². The first-order valence-electron chi connectivity index (χ1n) is 7.98. The van der Waals surface area contributed by atoms with Crippen LogP contribution in [0.25, 0.3) is 0 Å². The molecule has 0 bridgehead atoms. The van der Waals surface area contributed by atoms with Gasteiger partial charge in [0.05, 0.1) is 0 Å². The summed E-state index contributed by atoms with van der Waals surface area (Å²) in [5.41, 5.74) is 0.348. The average molecular weight is 317 g/mol. The van der Waals surface area contributed by atoms with Crippen LogP contribution in [0, 0.1) is 0 Å². The van der Waals surface area contributed by atoms with Gasteiger partial charge in [-0.25, -0.2) is 4.79 Å². The zero-order valence-electron chi connectivity index (χ0n) is 13.6. The number of amides is 3. The zero-order chi connectivity index (χ0) is 16.4. The topological polar surface area (TPSA) is 77.6 Å². The van der Waals surface area contributed by atoms with Gasteiger partial charge in [-0.3, -0.25) is 19.6 Å². The number of aromatic nitrogens is 1. The fraction of sp³-hybridized carbons (Fsp3) is 0.562. The summed E-state index contributed by atoms with van der Waals surface area (Å²) >= 11 is 0. The lowest BCUT2D eigenvalue weighted by molar-refractivity contribution is -0.130. The highest BCUT2D eigenvalue weighted by atomic mass is 16.2. The summed E-state index contributed by atoms with van der Waals surface area (Å²) in [6.07, 6.45) is 3.64. The predicted molar refractivity (Wildman–Crippen MR) is 85.7 cm³/mol. The Bertz CT molecular complexity index is 589. The van der Waals surface area contributed by atoms with Crippen molar-refractivity contribution in [3.63, 3.8) is 0 Å². The maximum absolute atomic E-state index is 12.3. The van der Waals surface area contributed by atoms with Crippen LogP contribution in [0.2, 0.25) is 0 Å². The highest BCUT2D eigenvalue weighted by molar-refractivity contribution is 6.06. The largest absolute Gasteiger partial charge is 0.325 e. The molecule has 2 N–H and O–H groups in total. The third-order valence-electron chi connectivity index (χ3n) is 4.48. The Morgan fingerprint density at radius 3 is 2.83 bits per heavy atom. The van der Waals surface area contributed by atoms with Gasteiger partial charge < -0.3 is 10.6 Å². The van der Waals surface area contributed by atoms with Crippen molar-refractivity contribution in [1.82, 2.24) is 25.4 Å². The fourth-order valence-corrected chi connectivity index (χ4v) is 3.17. The average Bonchev–Trinajstić information content (AvgIpc) is 2.74. The van der Waals surface area contributed by atoms with E-state index in [-0.39, 0.29) is 18.0 Å². The summed E-state index contributed by atoms with van der Waals surface area (Å²) in [6.45, 7) is 7.17. The summed E-state index contributed by atoms with van der Waals surface area (Å²) in [7, 11) is 0. The maximum Gasteiger partial charge on any atom is 0.325 e. The third-order valence-corrected chi connectivity index (χ3v) is 4.48. The normalized spacial score (nSPS) is 24.8. The summed E-state index contributed by atoms with van der Waals surface area (Å²) < 4.78 is 0. The summed E-state index contributed by atoms with van der Waals surface area (Å²) in [5, 5.41) is 6.11. The van der Waals surface area contributed by atoms with Crippen LogP contribution in [0.4, 0.5) is 4.79 Å². The van der Waals surface area contributed by atoms with Gasteiger partial charge >= 0.3 is 6.03 Å². The van der Waals surface area contributed by atoms with Gasteiger partial charge in [-0.05, 0) is 25.5 Å². The number of hydrogen-bond acceptors (Lipinski definition) is 5. The lowest BCUT2D eigenvalue weighted by Crippen LogP contribution is -2.49. The van der Waals surface area contributed by atoms with Crippen molar-refractivity contribution in [2.24, 2.45) is 0 Å². The molecule has 23 heavy (non-hydrogen) atoms. The van der Waals surface area contributed by atoms with E-state index in [1.165, 1.54) is 4.90 Å². The lowest BCUT2D eigenvalue weighted by atomic mass is 10.1. The maximum atomic E-state index is 12.3. The quantitative estimate of drug-likeness (QED) is 0.784. The Morgan fingerprint density at radius 1 is 1.35 bits per heavy atom. The van der Waals surface area contributed by atoms with Crippen LogP contribution in [-0.4, -0.2) is 65.0 Å². The van der Waals surface area contributed by atoms with Gasteiger partial charge in [0.15, 0.2) is 0 Å². The zero-order valence-corrected chi connectivity index (χ0v) is 13.6. The molecule has 2 aliphatic heterocycles. The second kappa shape index (κ2) is 6.25. The molecule has 2 aliphatic rings. The molecule has 0 saturated carbocycles. The third kappa shape index (κ3) is 3.20. The van der Waals surface area contributed by atoms with Gasteiger partial charge in [0.2, 0.25) is 0 Å². The molecule has 3 heterocycles. The van der Waals surface area contributed by atoms with Crippen molar-refractivity contribution in [2.45, 2.75) is 25.4 Å². The van der Waals surface area contributed by atoms with Crippen LogP contribution < -0.4 is 10.6 Å². The van der Waals surface area contributed by atoms with Crippen LogP contribution in [0.3, 0.4) is 0 Å². The molecule has 0 spiro atoms. The number of hydrogen-bond donors (Lipinski definition) is 2. The first-order chi connectivity index (χ1) is 11.0. The Balaban J connectivity index is 1.67. The molecule has 7 heteroatoms. The van der Waals surface area contributed by atoms with E-state index in [1.807, 2.05) is 12.3 Å². The standard InChI is InChI=1S/C16H23N5O2/c1-16(2)14(22)21(15(23)19-16)9-8-20-7-6-18-11-13(20)12-4-3-5-17-10-12/h3-5,10,13,18H,6-9,11H2,1-2H3,(H,19,23). The summed E-state index contributed by atoms with van der Waals surface area (Å²) in [5.74, 6) is -0.157. The number of piperazine rings is 1. The second-order valence-electron chi connectivity index (χ2n) is 6.55. The number of imide groups is 1. The molecule has 3 amide bonds. The van der Waals surface area contributed by atoms with E-state index in [9.17, 15) is 9.59 Å².